The summed E-state index contributed by atoms with van der Waals surface area (Å²) in [6.07, 6.45) is 3.60. The van der Waals surface area contributed by atoms with Crippen LogP contribution in [0.15, 0.2) is 22.7 Å². The van der Waals surface area contributed by atoms with Crippen LogP contribution in [0.1, 0.15) is 31.7 Å². The molecule has 0 amide bonds. The highest BCUT2D eigenvalue weighted by Crippen LogP contribution is 2.23. The van der Waals surface area contributed by atoms with Gasteiger partial charge in [-0.3, -0.25) is 4.90 Å². The number of piperidine rings is 1. The monoisotopic (exact) mass is 350 g/mol. The van der Waals surface area contributed by atoms with Crippen molar-refractivity contribution in [2.24, 2.45) is 5.73 Å². The first kappa shape index (κ1) is 16.9. The molecule has 2 rings (SSSR count). The first-order valence-electron chi connectivity index (χ1n) is 6.51. The number of hydrogen-bond donors (Lipinski definition) is 1. The third-order valence-corrected chi connectivity index (χ3v) is 4.04. The van der Waals surface area contributed by atoms with E-state index in [1.165, 1.54) is 18.9 Å². The Hall–Kier alpha value is -0.160. The van der Waals surface area contributed by atoms with E-state index in [0.717, 1.165) is 29.5 Å². The fourth-order valence-electron chi connectivity index (χ4n) is 2.75. The van der Waals surface area contributed by atoms with Crippen LogP contribution in [0.3, 0.4) is 0 Å². The molecule has 2 nitrogen and oxygen atoms in total. The van der Waals surface area contributed by atoms with Crippen molar-refractivity contribution in [2.45, 2.75) is 44.8 Å². The van der Waals surface area contributed by atoms with Gasteiger partial charge in [0.05, 0.1) is 0 Å². The Morgan fingerprint density at radius 1 is 1.42 bits per heavy atom. The summed E-state index contributed by atoms with van der Waals surface area (Å²) in [7, 11) is 0. The molecule has 1 aliphatic rings. The zero-order chi connectivity index (χ0) is 13.1. The summed E-state index contributed by atoms with van der Waals surface area (Å²) in [5.74, 6) is -0.186. The van der Waals surface area contributed by atoms with Gasteiger partial charge in [-0.1, -0.05) is 22.4 Å². The Kier molecular flexibility index (Phi) is 6.74. The number of halogens is 3. The summed E-state index contributed by atoms with van der Waals surface area (Å²) in [5.41, 5.74) is 7.05. The Balaban J connectivity index is 0.00000180. The lowest BCUT2D eigenvalue weighted by Crippen LogP contribution is -2.48. The molecule has 1 aromatic carbocycles. The number of likely N-dealkylation sites (tertiary alicyclic amines) is 1. The number of nitrogens with two attached hydrogens (primary N) is 1. The van der Waals surface area contributed by atoms with E-state index in [-0.39, 0.29) is 24.3 Å². The summed E-state index contributed by atoms with van der Waals surface area (Å²) < 4.78 is 14.2. The number of hydrogen-bond acceptors (Lipinski definition) is 2. The molecule has 108 valence electrons. The lowest BCUT2D eigenvalue weighted by molar-refractivity contribution is 0.123. The summed E-state index contributed by atoms with van der Waals surface area (Å²) >= 11 is 3.34. The molecule has 5 heteroatoms. The molecule has 1 heterocycles. The molecule has 2 N–H and O–H groups in total. The second-order valence-electron chi connectivity index (χ2n) is 5.17. The highest BCUT2D eigenvalue weighted by atomic mass is 79.9. The van der Waals surface area contributed by atoms with Gasteiger partial charge >= 0.3 is 0 Å². The van der Waals surface area contributed by atoms with Gasteiger partial charge in [-0.2, -0.15) is 0 Å². The van der Waals surface area contributed by atoms with Gasteiger partial charge in [0.2, 0.25) is 0 Å². The topological polar surface area (TPSA) is 29.3 Å². The third-order valence-electron chi connectivity index (χ3n) is 3.58. The van der Waals surface area contributed by atoms with E-state index >= 15 is 0 Å². The van der Waals surface area contributed by atoms with Crippen molar-refractivity contribution in [2.75, 3.05) is 6.54 Å². The van der Waals surface area contributed by atoms with E-state index in [4.69, 9.17) is 5.73 Å². The van der Waals surface area contributed by atoms with Crippen molar-refractivity contribution in [3.05, 3.63) is 34.1 Å². The van der Waals surface area contributed by atoms with Gasteiger partial charge in [0, 0.05) is 23.1 Å². The summed E-state index contributed by atoms with van der Waals surface area (Å²) in [6, 6.07) is 5.67. The molecular weight excluding hydrogens is 331 g/mol. The minimum absolute atomic E-state index is 0. The molecule has 0 aliphatic carbocycles. The van der Waals surface area contributed by atoms with E-state index in [9.17, 15) is 4.39 Å². The largest absolute Gasteiger partial charge is 0.327 e. The summed E-state index contributed by atoms with van der Waals surface area (Å²) in [4.78, 5) is 2.38. The standard InChI is InChI=1S/C14H20BrFN2.ClH/c1-10(17)14-4-2-3-5-18(14)9-11-6-12(15)8-13(16)7-11;/h6-8,10,14H,2-5,9,17H2,1H3;1H. The highest BCUT2D eigenvalue weighted by molar-refractivity contribution is 9.10. The fourth-order valence-corrected chi connectivity index (χ4v) is 3.26. The zero-order valence-electron chi connectivity index (χ0n) is 11.1. The maximum absolute atomic E-state index is 13.4. The molecule has 1 aliphatic heterocycles. The zero-order valence-corrected chi connectivity index (χ0v) is 13.5. The molecular formula is C14H21BrClFN2. The molecule has 1 saturated heterocycles. The van der Waals surface area contributed by atoms with Crippen LogP contribution < -0.4 is 5.73 Å². The number of rotatable bonds is 3. The molecule has 0 spiro atoms. The predicted molar refractivity (Wildman–Crippen MR) is 83.0 cm³/mol. The van der Waals surface area contributed by atoms with Crippen LogP contribution >= 0.6 is 28.3 Å². The molecule has 2 atom stereocenters. The van der Waals surface area contributed by atoms with Crippen LogP contribution in [0, 0.1) is 5.82 Å². The average molecular weight is 352 g/mol. The molecule has 0 bridgehead atoms. The van der Waals surface area contributed by atoms with Crippen LogP contribution in [0.5, 0.6) is 0 Å². The van der Waals surface area contributed by atoms with Gasteiger partial charge < -0.3 is 5.73 Å². The van der Waals surface area contributed by atoms with E-state index in [2.05, 4.69) is 27.8 Å². The first-order valence-corrected chi connectivity index (χ1v) is 7.30. The normalized spacial score (nSPS) is 21.8. The van der Waals surface area contributed by atoms with Crippen LogP contribution in [0.2, 0.25) is 0 Å². The van der Waals surface area contributed by atoms with Gasteiger partial charge in [0.15, 0.2) is 0 Å². The van der Waals surface area contributed by atoms with Crippen molar-refractivity contribution >= 4 is 28.3 Å². The van der Waals surface area contributed by atoms with Gasteiger partial charge in [0.1, 0.15) is 5.82 Å². The van der Waals surface area contributed by atoms with Crippen molar-refractivity contribution in [3.8, 4) is 0 Å². The Bertz CT molecular complexity index is 394. The van der Waals surface area contributed by atoms with Gasteiger partial charge in [-0.25, -0.2) is 4.39 Å². The van der Waals surface area contributed by atoms with E-state index in [1.807, 2.05) is 6.07 Å². The summed E-state index contributed by atoms with van der Waals surface area (Å²) in [6.45, 7) is 3.90. The molecule has 1 aromatic rings. The molecule has 2 unspecified atom stereocenters. The summed E-state index contributed by atoms with van der Waals surface area (Å²) in [5, 5.41) is 0. The fraction of sp³-hybridized carbons (Fsp3) is 0.571. The second kappa shape index (κ2) is 7.58. The van der Waals surface area contributed by atoms with Crippen molar-refractivity contribution in [3.63, 3.8) is 0 Å². The quantitative estimate of drug-likeness (QED) is 0.899. The van der Waals surface area contributed by atoms with E-state index < -0.39 is 0 Å². The molecule has 0 aromatic heterocycles. The minimum atomic E-state index is -0.186. The molecule has 0 radical (unpaired) electrons. The second-order valence-corrected chi connectivity index (χ2v) is 6.09. The van der Waals surface area contributed by atoms with E-state index in [0.29, 0.717) is 6.04 Å². The smallest absolute Gasteiger partial charge is 0.124 e. The molecule has 1 fully saturated rings. The van der Waals surface area contributed by atoms with Gasteiger partial charge in [-0.05, 0) is 50.1 Å². The Morgan fingerprint density at radius 2 is 2.16 bits per heavy atom. The Morgan fingerprint density at radius 3 is 2.79 bits per heavy atom. The third kappa shape index (κ3) is 4.71. The molecule has 19 heavy (non-hydrogen) atoms. The van der Waals surface area contributed by atoms with Crippen LogP contribution in [0.4, 0.5) is 4.39 Å². The number of benzene rings is 1. The minimum Gasteiger partial charge on any atom is -0.327 e. The average Bonchev–Trinajstić information content (AvgIpc) is 2.27. The van der Waals surface area contributed by atoms with Crippen molar-refractivity contribution in [1.82, 2.24) is 4.90 Å². The van der Waals surface area contributed by atoms with Crippen molar-refractivity contribution in [1.29, 1.82) is 0 Å². The lowest BCUT2D eigenvalue weighted by Gasteiger charge is -2.38. The Labute approximate surface area is 129 Å². The lowest BCUT2D eigenvalue weighted by atomic mass is 9.96. The van der Waals surface area contributed by atoms with Crippen LogP contribution in [-0.2, 0) is 6.54 Å². The number of nitrogens with zero attached hydrogens (tertiary/aromatic N) is 1. The maximum Gasteiger partial charge on any atom is 0.124 e. The predicted octanol–water partition coefficient (Wildman–Crippen LogP) is 3.71. The maximum atomic E-state index is 13.4. The van der Waals surface area contributed by atoms with Crippen molar-refractivity contribution < 1.29 is 4.39 Å². The SMILES string of the molecule is CC(N)C1CCCCN1Cc1cc(F)cc(Br)c1.Cl. The highest BCUT2D eigenvalue weighted by Gasteiger charge is 2.25. The van der Waals surface area contributed by atoms with Gasteiger partial charge in [-0.15, -0.1) is 12.4 Å². The first-order chi connectivity index (χ1) is 8.56. The molecule has 0 saturated carbocycles. The van der Waals surface area contributed by atoms with E-state index in [1.54, 1.807) is 6.07 Å². The van der Waals surface area contributed by atoms with Gasteiger partial charge in [0.25, 0.3) is 0 Å². The van der Waals surface area contributed by atoms with Crippen LogP contribution in [-0.4, -0.2) is 23.5 Å². The van der Waals surface area contributed by atoms with Crippen LogP contribution in [0.25, 0.3) is 0 Å².